The molecule has 4 nitrogen and oxygen atoms in total. The van der Waals surface area contributed by atoms with Gasteiger partial charge < -0.3 is 0 Å². The Morgan fingerprint density at radius 3 is 1.68 bits per heavy atom. The summed E-state index contributed by atoms with van der Waals surface area (Å²) < 4.78 is 16.7. The number of unbranched alkanes of at least 4 members (excludes halogenated alkanes) is 3. The molecule has 1 aliphatic carbocycles. The molecule has 0 aliphatic heterocycles. The molecule has 198 valence electrons. The Balaban J connectivity index is 3.50. The van der Waals surface area contributed by atoms with Crippen molar-refractivity contribution in [2.24, 2.45) is 11.3 Å². The van der Waals surface area contributed by atoms with Crippen LogP contribution < -0.4 is 0 Å². The Hall–Kier alpha value is -0.304. The fourth-order valence-corrected chi connectivity index (χ4v) is 24.8. The van der Waals surface area contributed by atoms with Crippen LogP contribution in [0.1, 0.15) is 86.0 Å². The Kier molecular flexibility index (Phi) is 14.1. The Bertz CT molecular complexity index is 628. The first-order chi connectivity index (χ1) is 16.0. The standard InChI is InChI=1S/C16H27O4Si.3C4H9.Sn/c1-7-19-14(17)16(15(18)20-8-2)9-12(3)13(10-16)11-21(4,5)6;3*1-3-4-2;/h11-12H,3,7-10H2,1-2,4-6H3;3*1,3-4H2,2H3;/b13-11-;;;;. The summed E-state index contributed by atoms with van der Waals surface area (Å²) in [5.74, 6) is -0.398. The molecule has 0 aromatic rings. The molecular formula is C28H54O4SiSn. The van der Waals surface area contributed by atoms with Crippen molar-refractivity contribution in [1.82, 2.24) is 0 Å². The second-order valence-electron chi connectivity index (χ2n) is 11.7. The Morgan fingerprint density at radius 2 is 1.32 bits per heavy atom. The summed E-state index contributed by atoms with van der Waals surface area (Å²) in [5, 5.41) is 0. The zero-order valence-electron chi connectivity index (χ0n) is 23.7. The van der Waals surface area contributed by atoms with Gasteiger partial charge in [-0.05, 0) is 0 Å². The number of ether oxygens (including phenoxy) is 2. The number of rotatable bonds is 16. The molecular weight excluding hydrogens is 547 g/mol. The summed E-state index contributed by atoms with van der Waals surface area (Å²) in [6.45, 7) is 18.2. The quantitative estimate of drug-likeness (QED) is 0.102. The summed E-state index contributed by atoms with van der Waals surface area (Å²) in [6, 6.07) is 0. The van der Waals surface area contributed by atoms with E-state index < -0.39 is 31.9 Å². The molecule has 0 aromatic heterocycles. The van der Waals surface area contributed by atoms with Crippen molar-refractivity contribution >= 4 is 38.4 Å². The van der Waals surface area contributed by atoms with Crippen molar-refractivity contribution in [3.05, 3.63) is 11.3 Å². The molecule has 1 rings (SSSR count). The zero-order chi connectivity index (χ0) is 25.8. The molecule has 1 saturated carbocycles. The summed E-state index contributed by atoms with van der Waals surface area (Å²) >= 11 is -2.47. The summed E-state index contributed by atoms with van der Waals surface area (Å²) in [6.07, 6.45) is 8.87. The van der Waals surface area contributed by atoms with Gasteiger partial charge in [-0.2, -0.15) is 0 Å². The second-order valence-corrected chi connectivity index (χ2v) is 30.7. The minimum absolute atomic E-state index is 0.296. The minimum atomic E-state index is -2.47. The van der Waals surface area contributed by atoms with Crippen molar-refractivity contribution in [1.29, 1.82) is 0 Å². The molecule has 0 saturated heterocycles. The van der Waals surface area contributed by atoms with E-state index in [1.807, 2.05) is 13.8 Å². The van der Waals surface area contributed by atoms with E-state index in [9.17, 15) is 9.59 Å². The average Bonchev–Trinajstić information content (AvgIpc) is 3.12. The fraction of sp³-hybridized carbons (Fsp3) is 0.857. The van der Waals surface area contributed by atoms with E-state index in [1.165, 1.54) is 61.8 Å². The summed E-state index contributed by atoms with van der Waals surface area (Å²) in [5.41, 5.74) is 2.71. The number of carbonyl (C=O) groups excluding carboxylic acids is 2. The number of hydrogen-bond acceptors (Lipinski definition) is 4. The molecule has 0 N–H and O–H groups in total. The van der Waals surface area contributed by atoms with E-state index in [4.69, 9.17) is 9.47 Å². The van der Waals surface area contributed by atoms with Gasteiger partial charge in [-0.1, -0.05) is 0 Å². The first kappa shape index (κ1) is 31.7. The molecule has 0 amide bonds. The van der Waals surface area contributed by atoms with Crippen molar-refractivity contribution in [2.75, 3.05) is 13.2 Å². The number of hydrogen-bond donors (Lipinski definition) is 0. The summed E-state index contributed by atoms with van der Waals surface area (Å²) in [7, 11) is -1.53. The predicted molar refractivity (Wildman–Crippen MR) is 150 cm³/mol. The van der Waals surface area contributed by atoms with Crippen LogP contribution in [0, 0.1) is 11.3 Å². The Morgan fingerprint density at radius 1 is 0.882 bits per heavy atom. The fourth-order valence-electron chi connectivity index (χ4n) is 5.84. The SMILES string of the molecule is CCC[CH2][Sn]([CH2]CCC)([CH2]CCC)[CH2]C1CC(C(=O)OCC)(C(=O)OCC)C/C1=C/[Si](C)(C)C. The van der Waals surface area contributed by atoms with Crippen LogP contribution in [0.2, 0.25) is 37.4 Å². The van der Waals surface area contributed by atoms with Crippen LogP contribution in [0.15, 0.2) is 11.3 Å². The van der Waals surface area contributed by atoms with Crippen molar-refractivity contribution in [3.8, 4) is 0 Å². The van der Waals surface area contributed by atoms with Gasteiger partial charge in [-0.15, -0.1) is 0 Å². The first-order valence-electron chi connectivity index (χ1n) is 14.1. The molecule has 0 spiro atoms. The van der Waals surface area contributed by atoms with Crippen molar-refractivity contribution < 1.29 is 19.1 Å². The maximum absolute atomic E-state index is 13.3. The van der Waals surface area contributed by atoms with E-state index in [0.29, 0.717) is 32.0 Å². The number of allylic oxidation sites excluding steroid dienone is 1. The van der Waals surface area contributed by atoms with Gasteiger partial charge in [0, 0.05) is 0 Å². The van der Waals surface area contributed by atoms with E-state index >= 15 is 0 Å². The van der Waals surface area contributed by atoms with E-state index in [2.05, 4.69) is 46.1 Å². The third-order valence-electron chi connectivity index (χ3n) is 7.44. The monoisotopic (exact) mass is 602 g/mol. The van der Waals surface area contributed by atoms with Crippen molar-refractivity contribution in [2.45, 2.75) is 123 Å². The van der Waals surface area contributed by atoms with Gasteiger partial charge in [-0.3, -0.25) is 0 Å². The van der Waals surface area contributed by atoms with Crippen LogP contribution in [-0.2, 0) is 19.1 Å². The van der Waals surface area contributed by atoms with E-state index in [1.54, 1.807) is 0 Å². The van der Waals surface area contributed by atoms with E-state index in [0.717, 1.165) is 0 Å². The van der Waals surface area contributed by atoms with Gasteiger partial charge >= 0.3 is 217 Å². The van der Waals surface area contributed by atoms with Gasteiger partial charge in [0.15, 0.2) is 0 Å². The van der Waals surface area contributed by atoms with Crippen LogP contribution in [0.3, 0.4) is 0 Å². The first-order valence-corrected chi connectivity index (χ1v) is 25.7. The molecule has 0 bridgehead atoms. The predicted octanol–water partition coefficient (Wildman–Crippen LogP) is 8.16. The molecule has 0 aromatic carbocycles. The third-order valence-corrected chi connectivity index (χ3v) is 24.7. The molecule has 0 heterocycles. The Labute approximate surface area is 215 Å². The molecule has 1 fully saturated rings. The van der Waals surface area contributed by atoms with Crippen LogP contribution in [0.4, 0.5) is 0 Å². The zero-order valence-corrected chi connectivity index (χ0v) is 27.5. The molecule has 0 radical (unpaired) electrons. The van der Waals surface area contributed by atoms with Crippen LogP contribution in [0.5, 0.6) is 0 Å². The van der Waals surface area contributed by atoms with Gasteiger partial charge in [0.05, 0.1) is 0 Å². The number of esters is 2. The molecule has 1 atom stereocenters. The van der Waals surface area contributed by atoms with Gasteiger partial charge in [0.25, 0.3) is 0 Å². The van der Waals surface area contributed by atoms with Crippen LogP contribution >= 0.6 is 0 Å². The average molecular weight is 602 g/mol. The van der Waals surface area contributed by atoms with Gasteiger partial charge in [0.1, 0.15) is 0 Å². The topological polar surface area (TPSA) is 52.6 Å². The number of carbonyl (C=O) groups is 2. The molecule has 1 unspecified atom stereocenters. The van der Waals surface area contributed by atoms with E-state index in [-0.39, 0.29) is 11.9 Å². The normalized spacial score (nSPS) is 19.4. The van der Waals surface area contributed by atoms with Crippen LogP contribution in [0.25, 0.3) is 0 Å². The van der Waals surface area contributed by atoms with Gasteiger partial charge in [0.2, 0.25) is 0 Å². The summed E-state index contributed by atoms with van der Waals surface area (Å²) in [4.78, 5) is 26.6. The van der Waals surface area contributed by atoms with Crippen LogP contribution in [-0.4, -0.2) is 51.6 Å². The second kappa shape index (κ2) is 15.1. The molecule has 34 heavy (non-hydrogen) atoms. The van der Waals surface area contributed by atoms with Crippen molar-refractivity contribution in [3.63, 3.8) is 0 Å². The molecule has 1 aliphatic rings. The maximum atomic E-state index is 13.3. The third kappa shape index (κ3) is 9.29. The van der Waals surface area contributed by atoms with Gasteiger partial charge in [-0.25, -0.2) is 0 Å². The molecule has 6 heteroatoms.